The Morgan fingerprint density at radius 3 is 2.57 bits per heavy atom. The van der Waals surface area contributed by atoms with E-state index < -0.39 is 0 Å². The van der Waals surface area contributed by atoms with Crippen molar-refractivity contribution >= 4 is 35.0 Å². The minimum Gasteiger partial charge on any atom is -0.454 e. The number of hydrogen-bond donors (Lipinski definition) is 2. The number of carbonyl (C=O) groups excluding carboxylic acids is 2. The lowest BCUT2D eigenvalue weighted by atomic mass is 9.88. The van der Waals surface area contributed by atoms with Crippen molar-refractivity contribution in [2.24, 2.45) is 5.92 Å². The van der Waals surface area contributed by atoms with Gasteiger partial charge in [0.15, 0.2) is 11.5 Å². The molecule has 0 bridgehead atoms. The largest absolute Gasteiger partial charge is 0.454 e. The molecule has 1 saturated carbocycles. The van der Waals surface area contributed by atoms with Gasteiger partial charge in [0.05, 0.1) is 5.25 Å². The highest BCUT2D eigenvalue weighted by Crippen LogP contribution is 2.35. The summed E-state index contributed by atoms with van der Waals surface area (Å²) in [7, 11) is 0. The van der Waals surface area contributed by atoms with E-state index in [2.05, 4.69) is 10.6 Å². The van der Waals surface area contributed by atoms with Gasteiger partial charge in [-0.15, -0.1) is 11.8 Å². The predicted octanol–water partition coefficient (Wildman–Crippen LogP) is 5.05. The van der Waals surface area contributed by atoms with Gasteiger partial charge in [-0.1, -0.05) is 25.3 Å². The fourth-order valence-electron chi connectivity index (χ4n) is 3.73. The highest BCUT2D eigenvalue weighted by molar-refractivity contribution is 8.00. The molecule has 1 heterocycles. The average Bonchev–Trinajstić information content (AvgIpc) is 3.22. The molecule has 0 spiro atoms. The van der Waals surface area contributed by atoms with E-state index in [0.29, 0.717) is 17.2 Å². The van der Waals surface area contributed by atoms with Crippen LogP contribution in [0, 0.1) is 5.92 Å². The number of carbonyl (C=O) groups is 2. The molecule has 0 radical (unpaired) electrons. The van der Waals surface area contributed by atoms with Crippen molar-refractivity contribution in [3.8, 4) is 11.5 Å². The zero-order chi connectivity index (χ0) is 20.9. The summed E-state index contributed by atoms with van der Waals surface area (Å²) >= 11 is 1.45. The first-order valence-corrected chi connectivity index (χ1v) is 11.2. The summed E-state index contributed by atoms with van der Waals surface area (Å²) < 4.78 is 10.6. The van der Waals surface area contributed by atoms with E-state index in [1.54, 1.807) is 18.2 Å². The van der Waals surface area contributed by atoms with Crippen molar-refractivity contribution in [1.29, 1.82) is 0 Å². The van der Waals surface area contributed by atoms with Crippen LogP contribution < -0.4 is 20.1 Å². The molecular weight excluding hydrogens is 400 g/mol. The molecule has 2 N–H and O–H groups in total. The van der Waals surface area contributed by atoms with Crippen molar-refractivity contribution in [2.75, 3.05) is 17.4 Å². The normalized spacial score (nSPS) is 16.7. The molecule has 1 aliphatic heterocycles. The Morgan fingerprint density at radius 1 is 0.967 bits per heavy atom. The van der Waals surface area contributed by atoms with Crippen LogP contribution in [0.5, 0.6) is 11.5 Å². The number of nitrogens with one attached hydrogen (secondary N) is 2. The first kappa shape index (κ1) is 20.6. The average molecular weight is 427 g/mol. The maximum Gasteiger partial charge on any atom is 0.237 e. The van der Waals surface area contributed by atoms with Crippen molar-refractivity contribution in [2.45, 2.75) is 49.2 Å². The molecule has 0 aromatic heterocycles. The smallest absolute Gasteiger partial charge is 0.237 e. The second-order valence-electron chi connectivity index (χ2n) is 7.67. The Labute approximate surface area is 180 Å². The third-order valence-corrected chi connectivity index (χ3v) is 6.49. The van der Waals surface area contributed by atoms with Crippen molar-refractivity contribution in [3.63, 3.8) is 0 Å². The molecule has 0 saturated heterocycles. The number of benzene rings is 2. The van der Waals surface area contributed by atoms with Gasteiger partial charge in [-0.2, -0.15) is 0 Å². The Hall–Kier alpha value is -2.67. The minimum atomic E-state index is -0.306. The van der Waals surface area contributed by atoms with Crippen LogP contribution in [0.15, 0.2) is 47.4 Å². The highest BCUT2D eigenvalue weighted by Gasteiger charge is 2.21. The van der Waals surface area contributed by atoms with Gasteiger partial charge in [0.25, 0.3) is 0 Å². The molecule has 6 nitrogen and oxygen atoms in total. The number of anilines is 2. The molecular formula is C23H26N2O4S. The Kier molecular flexibility index (Phi) is 6.47. The van der Waals surface area contributed by atoms with Crippen LogP contribution in [0.25, 0.3) is 0 Å². The molecule has 2 aromatic rings. The van der Waals surface area contributed by atoms with Gasteiger partial charge < -0.3 is 20.1 Å². The standard InChI is InChI=1S/C23H26N2O4S/c1-15(22(26)24-18-10-11-20-21(13-18)29-14-28-20)30-19-9-5-8-17(12-19)25-23(27)16-6-3-2-4-7-16/h5,8-13,15-16H,2-4,6-7,14H2,1H3,(H,24,26)(H,25,27). The number of rotatable bonds is 6. The molecule has 4 rings (SSSR count). The minimum absolute atomic E-state index is 0.101. The van der Waals surface area contributed by atoms with Crippen LogP contribution in [0.3, 0.4) is 0 Å². The molecule has 2 aromatic carbocycles. The monoisotopic (exact) mass is 426 g/mol. The summed E-state index contributed by atoms with van der Waals surface area (Å²) in [6.45, 7) is 2.06. The number of amides is 2. The van der Waals surface area contributed by atoms with E-state index in [4.69, 9.17) is 9.47 Å². The zero-order valence-corrected chi connectivity index (χ0v) is 17.8. The molecule has 158 valence electrons. The van der Waals surface area contributed by atoms with Gasteiger partial charge in [-0.25, -0.2) is 0 Å². The van der Waals surface area contributed by atoms with E-state index in [1.807, 2.05) is 31.2 Å². The molecule has 1 aliphatic carbocycles. The molecule has 1 atom stereocenters. The lowest BCUT2D eigenvalue weighted by molar-refractivity contribution is -0.120. The number of fused-ring (bicyclic) bond motifs is 1. The van der Waals surface area contributed by atoms with Crippen LogP contribution >= 0.6 is 11.8 Å². The van der Waals surface area contributed by atoms with Crippen LogP contribution in [0.1, 0.15) is 39.0 Å². The Morgan fingerprint density at radius 2 is 1.73 bits per heavy atom. The van der Waals surface area contributed by atoms with Gasteiger partial charge in [0.2, 0.25) is 18.6 Å². The number of thioether (sulfide) groups is 1. The van der Waals surface area contributed by atoms with E-state index in [0.717, 1.165) is 36.3 Å². The van der Waals surface area contributed by atoms with Gasteiger partial charge in [-0.3, -0.25) is 9.59 Å². The van der Waals surface area contributed by atoms with Crippen LogP contribution in [0.4, 0.5) is 11.4 Å². The summed E-state index contributed by atoms with van der Waals surface area (Å²) in [5, 5.41) is 5.65. The molecule has 7 heteroatoms. The Bertz CT molecular complexity index is 927. The zero-order valence-electron chi connectivity index (χ0n) is 17.0. The predicted molar refractivity (Wildman–Crippen MR) is 118 cm³/mol. The fourth-order valence-corrected chi connectivity index (χ4v) is 4.66. The summed E-state index contributed by atoms with van der Waals surface area (Å²) in [5.41, 5.74) is 1.45. The van der Waals surface area contributed by atoms with Gasteiger partial charge >= 0.3 is 0 Å². The maximum absolute atomic E-state index is 12.6. The van der Waals surface area contributed by atoms with Gasteiger partial charge in [0, 0.05) is 28.3 Å². The van der Waals surface area contributed by atoms with E-state index in [9.17, 15) is 9.59 Å². The quantitative estimate of drug-likeness (QED) is 0.632. The second kappa shape index (κ2) is 9.43. The first-order chi connectivity index (χ1) is 14.6. The highest BCUT2D eigenvalue weighted by atomic mass is 32.2. The first-order valence-electron chi connectivity index (χ1n) is 10.4. The molecule has 30 heavy (non-hydrogen) atoms. The van der Waals surface area contributed by atoms with Crippen LogP contribution in [0.2, 0.25) is 0 Å². The van der Waals surface area contributed by atoms with Crippen LogP contribution in [-0.2, 0) is 9.59 Å². The van der Waals surface area contributed by atoms with Crippen molar-refractivity contribution < 1.29 is 19.1 Å². The summed E-state index contributed by atoms with van der Waals surface area (Å²) in [6.07, 6.45) is 5.42. The third kappa shape index (κ3) is 5.08. The second-order valence-corrected chi connectivity index (χ2v) is 9.08. The maximum atomic E-state index is 12.6. The van der Waals surface area contributed by atoms with Crippen molar-refractivity contribution in [3.05, 3.63) is 42.5 Å². The van der Waals surface area contributed by atoms with E-state index in [1.165, 1.54) is 18.2 Å². The third-order valence-electron chi connectivity index (χ3n) is 5.40. The lowest BCUT2D eigenvalue weighted by Gasteiger charge is -2.21. The summed E-state index contributed by atoms with van der Waals surface area (Å²) in [6, 6.07) is 13.0. The van der Waals surface area contributed by atoms with Crippen molar-refractivity contribution in [1.82, 2.24) is 0 Å². The fraction of sp³-hybridized carbons (Fsp3) is 0.391. The van der Waals surface area contributed by atoms with E-state index in [-0.39, 0.29) is 29.8 Å². The van der Waals surface area contributed by atoms with Crippen LogP contribution in [-0.4, -0.2) is 23.9 Å². The number of hydrogen-bond acceptors (Lipinski definition) is 5. The SMILES string of the molecule is CC(Sc1cccc(NC(=O)C2CCCCC2)c1)C(=O)Nc1ccc2c(c1)OCO2. The number of ether oxygens (including phenoxy) is 2. The Balaban J connectivity index is 1.33. The lowest BCUT2D eigenvalue weighted by Crippen LogP contribution is -2.24. The summed E-state index contributed by atoms with van der Waals surface area (Å²) in [5.74, 6) is 1.43. The van der Waals surface area contributed by atoms with E-state index >= 15 is 0 Å². The molecule has 2 amide bonds. The molecule has 1 fully saturated rings. The molecule has 1 unspecified atom stereocenters. The molecule has 2 aliphatic rings. The topological polar surface area (TPSA) is 76.7 Å². The van der Waals surface area contributed by atoms with Gasteiger partial charge in [-0.05, 0) is 50.1 Å². The van der Waals surface area contributed by atoms with Gasteiger partial charge in [0.1, 0.15) is 0 Å². The summed E-state index contributed by atoms with van der Waals surface area (Å²) in [4.78, 5) is 26.0.